The maximum absolute atomic E-state index is 13.9. The number of hydrogen-bond donors (Lipinski definition) is 0. The fraction of sp³-hybridized carbons (Fsp3) is 0.200. The predicted molar refractivity (Wildman–Crippen MR) is 164 cm³/mol. The fourth-order valence-electron chi connectivity index (χ4n) is 4.64. The number of rotatable bonds is 7. The second kappa shape index (κ2) is 11.2. The molecule has 1 atom stereocenters. The highest BCUT2D eigenvalue weighted by Gasteiger charge is 2.33. The van der Waals surface area contributed by atoms with Gasteiger partial charge in [0.1, 0.15) is 5.76 Å². The Kier molecular flexibility index (Phi) is 7.41. The van der Waals surface area contributed by atoms with E-state index in [2.05, 4.69) is 9.98 Å². The number of furan rings is 1. The molecule has 8 nitrogen and oxygen atoms in total. The molecule has 2 aromatic carbocycles. The van der Waals surface area contributed by atoms with Crippen molar-refractivity contribution in [3.05, 3.63) is 103 Å². The summed E-state index contributed by atoms with van der Waals surface area (Å²) < 4.78 is 15.5. The number of para-hydroxylation sites is 1. The Morgan fingerprint density at radius 2 is 1.90 bits per heavy atom. The van der Waals surface area contributed by atoms with E-state index >= 15 is 0 Å². The van der Waals surface area contributed by atoms with Crippen LogP contribution in [0.15, 0.2) is 95.6 Å². The highest BCUT2D eigenvalue weighted by molar-refractivity contribution is 8.01. The number of carbonyl (C=O) groups is 1. The first-order chi connectivity index (χ1) is 19.8. The van der Waals surface area contributed by atoms with Crippen molar-refractivity contribution in [2.24, 2.45) is 4.99 Å². The Labute approximate surface area is 247 Å². The molecule has 11 heteroatoms. The summed E-state index contributed by atoms with van der Waals surface area (Å²) >= 11 is 4.32. The third-order valence-corrected chi connectivity index (χ3v) is 9.58. The van der Waals surface area contributed by atoms with Crippen molar-refractivity contribution in [2.75, 3.05) is 25.6 Å². The molecule has 41 heavy (non-hydrogen) atoms. The summed E-state index contributed by atoms with van der Waals surface area (Å²) in [4.78, 5) is 38.8. The van der Waals surface area contributed by atoms with Crippen molar-refractivity contribution in [3.8, 4) is 0 Å². The van der Waals surface area contributed by atoms with Crippen LogP contribution in [0.25, 0.3) is 16.3 Å². The number of hydrogen-bond acceptors (Lipinski definition) is 10. The minimum Gasteiger partial charge on any atom is -0.463 e. The maximum atomic E-state index is 13.9. The fourth-order valence-corrected chi connectivity index (χ4v) is 7.63. The Hall–Kier alpha value is -3.93. The second-order valence-electron chi connectivity index (χ2n) is 9.49. The van der Waals surface area contributed by atoms with Crippen LogP contribution >= 0.6 is 34.4 Å². The molecule has 0 unspecified atom stereocenters. The quantitative estimate of drug-likeness (QED) is 0.236. The zero-order valence-corrected chi connectivity index (χ0v) is 25.2. The Morgan fingerprint density at radius 1 is 1.12 bits per heavy atom. The molecular formula is C30H26N4O4S3. The van der Waals surface area contributed by atoms with Gasteiger partial charge in [0.25, 0.3) is 5.56 Å². The SMILES string of the molecule is CCOC(=O)C1=C(C)N=c2s/c(=C\c3ccc(Sc4nc5ccccc5s4)o3)c(=O)n2[C@H]1c1ccc(N(C)C)cc1. The van der Waals surface area contributed by atoms with E-state index in [4.69, 9.17) is 9.15 Å². The van der Waals surface area contributed by atoms with E-state index in [-0.39, 0.29) is 12.2 Å². The van der Waals surface area contributed by atoms with Crippen molar-refractivity contribution in [1.29, 1.82) is 0 Å². The number of nitrogens with zero attached hydrogens (tertiary/aromatic N) is 4. The zero-order chi connectivity index (χ0) is 28.7. The summed E-state index contributed by atoms with van der Waals surface area (Å²) in [5, 5.41) is 0.683. The van der Waals surface area contributed by atoms with E-state index in [0.29, 0.717) is 31.5 Å². The number of allylic oxidation sites excluding steroid dienone is 1. The van der Waals surface area contributed by atoms with Gasteiger partial charge in [-0.25, -0.2) is 14.8 Å². The number of esters is 1. The van der Waals surface area contributed by atoms with E-state index in [0.717, 1.165) is 25.8 Å². The van der Waals surface area contributed by atoms with Crippen LogP contribution in [-0.4, -0.2) is 36.2 Å². The number of fused-ring (bicyclic) bond motifs is 2. The first-order valence-corrected chi connectivity index (χ1v) is 15.4. The third kappa shape index (κ3) is 5.28. The largest absolute Gasteiger partial charge is 0.463 e. The standard InChI is InChI=1S/C30H26N4O4S3/c1-5-37-28(36)25-17(2)31-29-34(26(25)18-10-12-19(13-11-18)33(3)4)27(35)23(39-29)16-20-14-15-24(38-20)41-30-32-21-8-6-7-9-22(21)40-30/h6-16,26H,5H2,1-4H3/b23-16-/t26-/m0/s1. The van der Waals surface area contributed by atoms with Crippen LogP contribution in [-0.2, 0) is 9.53 Å². The molecule has 0 N–H and O–H groups in total. The molecule has 0 spiro atoms. The molecule has 6 rings (SSSR count). The minimum absolute atomic E-state index is 0.224. The molecule has 3 aromatic heterocycles. The number of aromatic nitrogens is 2. The van der Waals surface area contributed by atoms with Gasteiger partial charge in [-0.2, -0.15) is 0 Å². The van der Waals surface area contributed by atoms with Crippen LogP contribution in [0, 0.1) is 0 Å². The molecular weight excluding hydrogens is 577 g/mol. The average molecular weight is 603 g/mol. The lowest BCUT2D eigenvalue weighted by Crippen LogP contribution is -2.39. The number of anilines is 1. The average Bonchev–Trinajstić information content (AvgIpc) is 3.65. The van der Waals surface area contributed by atoms with Crippen LogP contribution in [0.5, 0.6) is 0 Å². The number of carbonyl (C=O) groups excluding carboxylic acids is 1. The summed E-state index contributed by atoms with van der Waals surface area (Å²) in [5.74, 6) is 0.0688. The van der Waals surface area contributed by atoms with Gasteiger partial charge in [-0.15, -0.1) is 11.3 Å². The summed E-state index contributed by atoms with van der Waals surface area (Å²) in [6.45, 7) is 3.77. The normalized spacial score (nSPS) is 15.2. The summed E-state index contributed by atoms with van der Waals surface area (Å²) in [6.07, 6.45) is 1.72. The molecule has 0 amide bonds. The first kappa shape index (κ1) is 27.3. The molecule has 4 heterocycles. The van der Waals surface area contributed by atoms with Crippen LogP contribution in [0.3, 0.4) is 0 Å². The van der Waals surface area contributed by atoms with Crippen molar-refractivity contribution in [3.63, 3.8) is 0 Å². The lowest BCUT2D eigenvalue weighted by molar-refractivity contribution is -0.139. The van der Waals surface area contributed by atoms with E-state index in [1.165, 1.54) is 23.1 Å². The van der Waals surface area contributed by atoms with Gasteiger partial charge in [0.05, 0.1) is 38.7 Å². The Bertz CT molecular complexity index is 1950. The smallest absolute Gasteiger partial charge is 0.338 e. The highest BCUT2D eigenvalue weighted by atomic mass is 32.2. The van der Waals surface area contributed by atoms with Crippen molar-refractivity contribution in [1.82, 2.24) is 9.55 Å². The van der Waals surface area contributed by atoms with Gasteiger partial charge in [-0.05, 0) is 67.6 Å². The van der Waals surface area contributed by atoms with Crippen molar-refractivity contribution in [2.45, 2.75) is 29.3 Å². The van der Waals surface area contributed by atoms with Crippen LogP contribution in [0.1, 0.15) is 31.2 Å². The van der Waals surface area contributed by atoms with Gasteiger partial charge in [0, 0.05) is 25.9 Å². The molecule has 0 saturated heterocycles. The lowest BCUT2D eigenvalue weighted by Gasteiger charge is -2.25. The molecule has 1 aliphatic rings. The number of thiazole rings is 2. The molecule has 208 valence electrons. The molecule has 0 aliphatic carbocycles. The van der Waals surface area contributed by atoms with E-state index in [1.54, 1.807) is 35.8 Å². The number of benzene rings is 2. The van der Waals surface area contributed by atoms with E-state index in [1.807, 2.05) is 79.7 Å². The van der Waals surface area contributed by atoms with Crippen LogP contribution in [0.4, 0.5) is 5.69 Å². The Balaban J connectivity index is 1.39. The van der Waals surface area contributed by atoms with Crippen molar-refractivity contribution < 1.29 is 13.9 Å². The Morgan fingerprint density at radius 3 is 2.63 bits per heavy atom. The molecule has 1 aliphatic heterocycles. The van der Waals surface area contributed by atoms with Gasteiger partial charge < -0.3 is 14.1 Å². The van der Waals surface area contributed by atoms with Crippen LogP contribution < -0.4 is 19.8 Å². The number of ether oxygens (including phenoxy) is 1. The minimum atomic E-state index is -0.662. The van der Waals surface area contributed by atoms with Gasteiger partial charge in [-0.1, -0.05) is 35.6 Å². The third-order valence-electron chi connectivity index (χ3n) is 6.58. The van der Waals surface area contributed by atoms with E-state index in [9.17, 15) is 9.59 Å². The first-order valence-electron chi connectivity index (χ1n) is 12.9. The molecule has 0 bridgehead atoms. The van der Waals surface area contributed by atoms with Gasteiger partial charge in [0.2, 0.25) is 0 Å². The van der Waals surface area contributed by atoms with Gasteiger partial charge in [-0.3, -0.25) is 9.36 Å². The van der Waals surface area contributed by atoms with Gasteiger partial charge >= 0.3 is 5.97 Å². The van der Waals surface area contributed by atoms with Crippen molar-refractivity contribution >= 4 is 62.4 Å². The summed E-state index contributed by atoms with van der Waals surface area (Å²) in [7, 11) is 3.92. The van der Waals surface area contributed by atoms with Crippen LogP contribution in [0.2, 0.25) is 0 Å². The maximum Gasteiger partial charge on any atom is 0.338 e. The zero-order valence-electron chi connectivity index (χ0n) is 22.8. The summed E-state index contributed by atoms with van der Waals surface area (Å²) in [6, 6.07) is 18.9. The molecule has 0 fully saturated rings. The monoisotopic (exact) mass is 602 g/mol. The molecule has 0 saturated carbocycles. The van der Waals surface area contributed by atoms with E-state index < -0.39 is 12.0 Å². The lowest BCUT2D eigenvalue weighted by atomic mass is 9.95. The van der Waals surface area contributed by atoms with Gasteiger partial charge in [0.15, 0.2) is 14.2 Å². The molecule has 5 aromatic rings. The summed E-state index contributed by atoms with van der Waals surface area (Å²) in [5.41, 5.74) is 3.41. The molecule has 0 radical (unpaired) electrons. The second-order valence-corrected chi connectivity index (χ2v) is 12.8. The predicted octanol–water partition coefficient (Wildman–Crippen LogP) is 5.22. The highest BCUT2D eigenvalue weighted by Crippen LogP contribution is 2.35. The topological polar surface area (TPSA) is 89.9 Å².